The Labute approximate surface area is 191 Å². The molecule has 0 aliphatic heterocycles. The number of carbonyl (C=O) groups excluding carboxylic acids is 2. The lowest BCUT2D eigenvalue weighted by molar-refractivity contribution is 0.0954. The zero-order chi connectivity index (χ0) is 23.7. The summed E-state index contributed by atoms with van der Waals surface area (Å²) in [7, 11) is 0. The first-order valence-electron chi connectivity index (χ1n) is 10.9. The van der Waals surface area contributed by atoms with E-state index in [0.717, 1.165) is 22.6 Å². The zero-order valence-electron chi connectivity index (χ0n) is 19.2. The highest BCUT2D eigenvalue weighted by atomic mass is 16.3. The number of aromatic nitrogens is 3. The van der Waals surface area contributed by atoms with Gasteiger partial charge in [-0.3, -0.25) is 9.59 Å². The number of aryl methyl sites for hydroxylation is 2. The molecule has 170 valence electrons. The Morgan fingerprint density at radius 3 is 2.64 bits per heavy atom. The number of nitrogens with zero attached hydrogens (tertiary/aromatic N) is 3. The maximum Gasteiger partial charge on any atom is 0.252 e. The molecule has 2 amide bonds. The largest absolute Gasteiger partial charge is 0.466 e. The topological polar surface area (TPSA) is 116 Å². The van der Waals surface area contributed by atoms with Gasteiger partial charge >= 0.3 is 0 Å². The number of amides is 2. The Hall–Kier alpha value is -3.94. The number of nitrogens with two attached hydrogens (primary N) is 1. The van der Waals surface area contributed by atoms with E-state index in [0.29, 0.717) is 40.8 Å². The van der Waals surface area contributed by atoms with Crippen molar-refractivity contribution in [3.05, 3.63) is 70.8 Å². The minimum absolute atomic E-state index is 0.0888. The fourth-order valence-electron chi connectivity index (χ4n) is 3.90. The van der Waals surface area contributed by atoms with Crippen LogP contribution in [0, 0.1) is 13.8 Å². The van der Waals surface area contributed by atoms with Gasteiger partial charge in [0.25, 0.3) is 5.91 Å². The monoisotopic (exact) mass is 445 g/mol. The maximum atomic E-state index is 13.2. The minimum atomic E-state index is -0.473. The van der Waals surface area contributed by atoms with Crippen LogP contribution in [-0.2, 0) is 6.42 Å². The maximum absolute atomic E-state index is 13.2. The number of pyridine rings is 1. The predicted octanol–water partition coefficient (Wildman–Crippen LogP) is 3.96. The van der Waals surface area contributed by atoms with Crippen LogP contribution in [0.4, 0.5) is 0 Å². The number of nitrogens with one attached hydrogen (secondary N) is 1. The molecule has 0 unspecified atom stereocenters. The van der Waals surface area contributed by atoms with Crippen LogP contribution in [0.25, 0.3) is 22.3 Å². The third-order valence-electron chi connectivity index (χ3n) is 5.53. The van der Waals surface area contributed by atoms with Gasteiger partial charge in [-0.25, -0.2) is 9.67 Å². The molecule has 0 spiro atoms. The van der Waals surface area contributed by atoms with E-state index < -0.39 is 5.91 Å². The first-order valence-corrected chi connectivity index (χ1v) is 10.9. The highest BCUT2D eigenvalue weighted by Crippen LogP contribution is 2.30. The third-order valence-corrected chi connectivity index (χ3v) is 5.53. The molecule has 8 nitrogen and oxygen atoms in total. The number of benzene rings is 1. The van der Waals surface area contributed by atoms with E-state index in [4.69, 9.17) is 15.1 Å². The van der Waals surface area contributed by atoms with Gasteiger partial charge in [0.2, 0.25) is 5.91 Å². The van der Waals surface area contributed by atoms with Gasteiger partial charge < -0.3 is 15.5 Å². The van der Waals surface area contributed by atoms with E-state index in [2.05, 4.69) is 10.4 Å². The highest BCUT2D eigenvalue weighted by Gasteiger charge is 2.20. The molecule has 0 saturated carbocycles. The van der Waals surface area contributed by atoms with E-state index in [1.54, 1.807) is 30.5 Å². The highest BCUT2D eigenvalue weighted by molar-refractivity contribution is 6.06. The molecule has 0 aliphatic carbocycles. The number of furan rings is 1. The van der Waals surface area contributed by atoms with Crippen molar-refractivity contribution in [2.24, 2.45) is 5.73 Å². The van der Waals surface area contributed by atoms with Crippen LogP contribution in [0.1, 0.15) is 57.7 Å². The number of primary amides is 1. The Bertz CT molecular complexity index is 1350. The Balaban J connectivity index is 1.64. The molecule has 0 radical (unpaired) electrons. The summed E-state index contributed by atoms with van der Waals surface area (Å²) in [5.41, 5.74) is 9.40. The van der Waals surface area contributed by atoms with Gasteiger partial charge in [-0.1, -0.05) is 12.1 Å². The summed E-state index contributed by atoms with van der Waals surface area (Å²) in [5, 5.41) is 8.14. The average Bonchev–Trinajstić information content (AvgIpc) is 3.35. The lowest BCUT2D eigenvalue weighted by Gasteiger charge is -2.11. The lowest BCUT2D eigenvalue weighted by atomic mass is 10.1. The third kappa shape index (κ3) is 4.50. The molecule has 4 aromatic rings. The Kier molecular flexibility index (Phi) is 6.00. The molecule has 8 heteroatoms. The van der Waals surface area contributed by atoms with E-state index in [1.165, 1.54) is 0 Å². The zero-order valence-corrected chi connectivity index (χ0v) is 19.2. The number of hydrogen-bond acceptors (Lipinski definition) is 5. The summed E-state index contributed by atoms with van der Waals surface area (Å²) in [6.45, 7) is 8.21. The molecular formula is C25H27N5O3. The van der Waals surface area contributed by atoms with Crippen molar-refractivity contribution >= 4 is 22.8 Å². The van der Waals surface area contributed by atoms with Crippen molar-refractivity contribution in [3.8, 4) is 11.3 Å². The van der Waals surface area contributed by atoms with Crippen LogP contribution in [0.5, 0.6) is 0 Å². The molecule has 1 aromatic carbocycles. The number of hydrogen-bond donors (Lipinski definition) is 2. The summed E-state index contributed by atoms with van der Waals surface area (Å²) in [5.74, 6) is 0.844. The Morgan fingerprint density at radius 1 is 1.18 bits per heavy atom. The van der Waals surface area contributed by atoms with Crippen molar-refractivity contribution in [1.29, 1.82) is 0 Å². The van der Waals surface area contributed by atoms with E-state index in [9.17, 15) is 9.59 Å². The van der Waals surface area contributed by atoms with E-state index in [1.807, 2.05) is 44.5 Å². The van der Waals surface area contributed by atoms with Gasteiger partial charge in [-0.05, 0) is 63.9 Å². The fraction of sp³-hybridized carbons (Fsp3) is 0.280. The smallest absolute Gasteiger partial charge is 0.252 e. The summed E-state index contributed by atoms with van der Waals surface area (Å²) in [4.78, 5) is 29.4. The second kappa shape index (κ2) is 8.90. The van der Waals surface area contributed by atoms with Gasteiger partial charge in [0, 0.05) is 23.7 Å². The summed E-state index contributed by atoms with van der Waals surface area (Å²) >= 11 is 0. The molecule has 3 aromatic heterocycles. The normalized spacial score (nSPS) is 11.3. The molecule has 3 N–H and O–H groups in total. The molecule has 0 aliphatic rings. The van der Waals surface area contributed by atoms with Gasteiger partial charge in [0.05, 0.1) is 22.8 Å². The van der Waals surface area contributed by atoms with Gasteiger partial charge in [-0.2, -0.15) is 5.10 Å². The van der Waals surface area contributed by atoms with Crippen LogP contribution in [0.15, 0.2) is 47.0 Å². The summed E-state index contributed by atoms with van der Waals surface area (Å²) in [6.07, 6.45) is 2.25. The van der Waals surface area contributed by atoms with Crippen molar-refractivity contribution in [2.75, 3.05) is 6.54 Å². The molecule has 0 atom stereocenters. The molecule has 4 rings (SSSR count). The first-order chi connectivity index (χ1) is 15.7. The van der Waals surface area contributed by atoms with Gasteiger partial charge in [0.1, 0.15) is 11.5 Å². The van der Waals surface area contributed by atoms with Crippen molar-refractivity contribution in [1.82, 2.24) is 20.1 Å². The Morgan fingerprint density at radius 2 is 1.97 bits per heavy atom. The van der Waals surface area contributed by atoms with Crippen molar-refractivity contribution in [3.63, 3.8) is 0 Å². The molecule has 33 heavy (non-hydrogen) atoms. The standard InChI is InChI=1S/C25H27N5O3/c1-14(2)30-24-21(13-28-30)20(12-22(29-24)19-10-15(3)33-16(19)4)25(32)27-9-8-17-6-5-7-18(11-17)23(26)31/h5-7,10-14H,8-9H2,1-4H3,(H2,26,31)(H,27,32). The lowest BCUT2D eigenvalue weighted by Crippen LogP contribution is -2.26. The van der Waals surface area contributed by atoms with Crippen LogP contribution in [-0.4, -0.2) is 33.1 Å². The number of carbonyl (C=O) groups is 2. The molecule has 0 bridgehead atoms. The number of fused-ring (bicyclic) bond motifs is 1. The van der Waals surface area contributed by atoms with Crippen LogP contribution >= 0.6 is 0 Å². The predicted molar refractivity (Wildman–Crippen MR) is 126 cm³/mol. The van der Waals surface area contributed by atoms with Crippen LogP contribution < -0.4 is 11.1 Å². The average molecular weight is 446 g/mol. The quantitative estimate of drug-likeness (QED) is 0.447. The van der Waals surface area contributed by atoms with Gasteiger partial charge in [0.15, 0.2) is 5.65 Å². The molecule has 0 saturated heterocycles. The summed E-state index contributed by atoms with van der Waals surface area (Å²) in [6, 6.07) is 10.9. The molecule has 3 heterocycles. The van der Waals surface area contributed by atoms with Crippen molar-refractivity contribution < 1.29 is 14.0 Å². The first kappa shape index (κ1) is 22.3. The molecule has 0 fully saturated rings. The van der Waals surface area contributed by atoms with E-state index >= 15 is 0 Å². The minimum Gasteiger partial charge on any atom is -0.466 e. The molecular weight excluding hydrogens is 418 g/mol. The van der Waals surface area contributed by atoms with Crippen LogP contribution in [0.3, 0.4) is 0 Å². The van der Waals surface area contributed by atoms with Crippen molar-refractivity contribution in [2.45, 2.75) is 40.2 Å². The van der Waals surface area contributed by atoms with E-state index in [-0.39, 0.29) is 11.9 Å². The number of rotatable bonds is 7. The van der Waals surface area contributed by atoms with Crippen LogP contribution in [0.2, 0.25) is 0 Å². The second-order valence-corrected chi connectivity index (χ2v) is 8.37. The van der Waals surface area contributed by atoms with Gasteiger partial charge in [-0.15, -0.1) is 0 Å². The summed E-state index contributed by atoms with van der Waals surface area (Å²) < 4.78 is 7.50. The fourth-order valence-corrected chi connectivity index (χ4v) is 3.90. The second-order valence-electron chi connectivity index (χ2n) is 8.37. The SMILES string of the molecule is Cc1cc(-c2cc(C(=O)NCCc3cccc(C(N)=O)c3)c3cnn(C(C)C)c3n2)c(C)o1.